The predicted molar refractivity (Wildman–Crippen MR) is 134 cm³/mol. The van der Waals surface area contributed by atoms with Gasteiger partial charge in [-0.05, 0) is 65.7 Å². The normalized spacial score (nSPS) is 22.1. The molecule has 2 N–H and O–H groups in total. The lowest BCUT2D eigenvalue weighted by atomic mass is 9.98. The van der Waals surface area contributed by atoms with E-state index in [4.69, 9.17) is 19.2 Å². The number of carbonyl (C=O) groups excluding carboxylic acids is 1. The molecule has 9 heteroatoms. The topological polar surface area (TPSA) is 84.4 Å². The summed E-state index contributed by atoms with van der Waals surface area (Å²) in [4.78, 5) is 18.9. The molecule has 0 radical (unpaired) electrons. The zero-order chi connectivity index (χ0) is 21.8. The summed E-state index contributed by atoms with van der Waals surface area (Å²) >= 11 is 0. The van der Waals surface area contributed by atoms with E-state index in [2.05, 4.69) is 17.6 Å². The van der Waals surface area contributed by atoms with Crippen molar-refractivity contribution in [2.24, 2.45) is 10.9 Å². The van der Waals surface area contributed by atoms with E-state index in [-0.39, 0.29) is 36.2 Å². The molecule has 2 unspecified atom stereocenters. The van der Waals surface area contributed by atoms with Crippen LogP contribution in [0.25, 0.3) is 0 Å². The molecule has 182 valence electrons. The van der Waals surface area contributed by atoms with E-state index in [1.54, 1.807) is 0 Å². The number of nitrogens with one attached hydrogen (secondary N) is 2. The van der Waals surface area contributed by atoms with Crippen molar-refractivity contribution in [3.63, 3.8) is 0 Å². The summed E-state index contributed by atoms with van der Waals surface area (Å²) in [5.41, 5.74) is -0.460. The lowest BCUT2D eigenvalue weighted by molar-refractivity contribution is 0.0167. The largest absolute Gasteiger partial charge is 0.444 e. The summed E-state index contributed by atoms with van der Waals surface area (Å²) < 4.78 is 16.8. The Balaban J connectivity index is 0.00000480. The Hall–Kier alpha value is -0.810. The maximum atomic E-state index is 12.3. The third-order valence-corrected chi connectivity index (χ3v) is 5.11. The van der Waals surface area contributed by atoms with Crippen LogP contribution in [0.5, 0.6) is 0 Å². The van der Waals surface area contributed by atoms with Crippen molar-refractivity contribution in [3.05, 3.63) is 0 Å². The highest BCUT2D eigenvalue weighted by Gasteiger charge is 2.27. The van der Waals surface area contributed by atoms with Crippen LogP contribution in [-0.4, -0.2) is 81.2 Å². The molecule has 8 nitrogen and oxygen atoms in total. The third-order valence-electron chi connectivity index (χ3n) is 5.11. The number of amides is 1. The molecule has 2 aliphatic rings. The summed E-state index contributed by atoms with van der Waals surface area (Å²) in [6.45, 7) is 13.8. The first kappa shape index (κ1) is 28.2. The predicted octanol–water partition coefficient (Wildman–Crippen LogP) is 3.39. The molecular weight excluding hydrogens is 511 g/mol. The molecule has 0 aromatic rings. The molecule has 2 fully saturated rings. The minimum absolute atomic E-state index is 0. The van der Waals surface area contributed by atoms with E-state index < -0.39 is 5.60 Å². The molecule has 0 aromatic heterocycles. The van der Waals surface area contributed by atoms with Crippen molar-refractivity contribution in [1.29, 1.82) is 0 Å². The molecule has 2 aliphatic heterocycles. The monoisotopic (exact) mass is 554 g/mol. The standard InChI is InChI=1S/C22H42N4O4.HI/c1-5-23-20(24-11-8-13-28-17-19-10-7-14-29-19)25-15-18-9-6-12-26(16-18)21(27)30-22(2,3)4;/h18-19H,5-17H2,1-4H3,(H2,23,24,25);1H. The lowest BCUT2D eigenvalue weighted by Gasteiger charge is -2.33. The molecule has 0 spiro atoms. The summed E-state index contributed by atoms with van der Waals surface area (Å²) in [6.07, 6.45) is 5.32. The average Bonchev–Trinajstić information content (AvgIpc) is 3.21. The number of rotatable bonds is 9. The van der Waals surface area contributed by atoms with E-state index >= 15 is 0 Å². The fourth-order valence-electron chi connectivity index (χ4n) is 3.64. The number of nitrogens with zero attached hydrogens (tertiary/aromatic N) is 2. The Morgan fingerprint density at radius 2 is 2.03 bits per heavy atom. The van der Waals surface area contributed by atoms with Gasteiger partial charge in [0, 0.05) is 45.9 Å². The fraction of sp³-hybridized carbons (Fsp3) is 0.909. The number of halogens is 1. The van der Waals surface area contributed by atoms with Crippen molar-refractivity contribution < 1.29 is 19.0 Å². The van der Waals surface area contributed by atoms with Gasteiger partial charge in [0.1, 0.15) is 5.60 Å². The van der Waals surface area contributed by atoms with Gasteiger partial charge in [-0.3, -0.25) is 4.99 Å². The Morgan fingerprint density at radius 1 is 1.23 bits per heavy atom. The van der Waals surface area contributed by atoms with Crippen LogP contribution in [-0.2, 0) is 14.2 Å². The van der Waals surface area contributed by atoms with Gasteiger partial charge in [0.2, 0.25) is 0 Å². The highest BCUT2D eigenvalue weighted by atomic mass is 127. The number of carbonyl (C=O) groups is 1. The first-order chi connectivity index (χ1) is 14.4. The minimum atomic E-state index is -0.460. The highest BCUT2D eigenvalue weighted by Crippen LogP contribution is 2.19. The number of likely N-dealkylation sites (tertiary alicyclic amines) is 1. The molecule has 2 heterocycles. The van der Waals surface area contributed by atoms with Crippen LogP contribution < -0.4 is 10.6 Å². The molecule has 2 saturated heterocycles. The van der Waals surface area contributed by atoms with Gasteiger partial charge in [0.25, 0.3) is 0 Å². The van der Waals surface area contributed by atoms with Crippen LogP contribution in [0.1, 0.15) is 59.8 Å². The van der Waals surface area contributed by atoms with Gasteiger partial charge in [0.15, 0.2) is 5.96 Å². The molecule has 0 aromatic carbocycles. The molecule has 2 rings (SSSR count). The fourth-order valence-corrected chi connectivity index (χ4v) is 3.64. The number of ether oxygens (including phenoxy) is 3. The Labute approximate surface area is 205 Å². The Kier molecular flexibility index (Phi) is 13.8. The van der Waals surface area contributed by atoms with Crippen molar-refractivity contribution in [1.82, 2.24) is 15.5 Å². The van der Waals surface area contributed by atoms with Gasteiger partial charge in [-0.1, -0.05) is 0 Å². The second-order valence-corrected chi connectivity index (χ2v) is 9.14. The molecule has 1 amide bonds. The van der Waals surface area contributed by atoms with Crippen molar-refractivity contribution in [2.75, 3.05) is 52.5 Å². The molecular formula is C22H43IN4O4. The minimum Gasteiger partial charge on any atom is -0.444 e. The van der Waals surface area contributed by atoms with Crippen LogP contribution in [0.3, 0.4) is 0 Å². The Bertz CT molecular complexity index is 536. The van der Waals surface area contributed by atoms with Gasteiger partial charge >= 0.3 is 6.09 Å². The number of hydrogen-bond acceptors (Lipinski definition) is 5. The first-order valence-electron chi connectivity index (χ1n) is 11.6. The van der Waals surface area contributed by atoms with Crippen molar-refractivity contribution in [3.8, 4) is 0 Å². The summed E-state index contributed by atoms with van der Waals surface area (Å²) in [5, 5.41) is 6.67. The maximum absolute atomic E-state index is 12.3. The summed E-state index contributed by atoms with van der Waals surface area (Å²) in [6, 6.07) is 0. The van der Waals surface area contributed by atoms with Crippen LogP contribution in [0, 0.1) is 5.92 Å². The van der Waals surface area contributed by atoms with Crippen LogP contribution in [0.2, 0.25) is 0 Å². The van der Waals surface area contributed by atoms with E-state index in [0.29, 0.717) is 25.6 Å². The maximum Gasteiger partial charge on any atom is 0.410 e. The number of guanidine groups is 1. The smallest absolute Gasteiger partial charge is 0.410 e. The molecule has 2 atom stereocenters. The van der Waals surface area contributed by atoms with E-state index in [0.717, 1.165) is 70.9 Å². The van der Waals surface area contributed by atoms with Gasteiger partial charge in [-0.2, -0.15) is 0 Å². The lowest BCUT2D eigenvalue weighted by Crippen LogP contribution is -2.44. The van der Waals surface area contributed by atoms with Crippen LogP contribution in [0.4, 0.5) is 4.79 Å². The summed E-state index contributed by atoms with van der Waals surface area (Å²) in [7, 11) is 0. The third kappa shape index (κ3) is 12.1. The van der Waals surface area contributed by atoms with Crippen LogP contribution >= 0.6 is 24.0 Å². The van der Waals surface area contributed by atoms with Gasteiger partial charge in [0.05, 0.1) is 12.7 Å². The van der Waals surface area contributed by atoms with Gasteiger partial charge < -0.3 is 29.7 Å². The molecule has 31 heavy (non-hydrogen) atoms. The zero-order valence-electron chi connectivity index (χ0n) is 19.8. The molecule has 0 aliphatic carbocycles. The Morgan fingerprint density at radius 3 is 2.71 bits per heavy atom. The zero-order valence-corrected chi connectivity index (χ0v) is 22.1. The highest BCUT2D eigenvalue weighted by molar-refractivity contribution is 14.0. The van der Waals surface area contributed by atoms with Crippen molar-refractivity contribution in [2.45, 2.75) is 71.5 Å². The van der Waals surface area contributed by atoms with Crippen molar-refractivity contribution >= 4 is 36.0 Å². The quantitative estimate of drug-likeness (QED) is 0.197. The van der Waals surface area contributed by atoms with Gasteiger partial charge in [-0.15, -0.1) is 24.0 Å². The van der Waals surface area contributed by atoms with Gasteiger partial charge in [-0.25, -0.2) is 4.79 Å². The number of aliphatic imine (C=N–C) groups is 1. The van der Waals surface area contributed by atoms with E-state index in [1.165, 1.54) is 0 Å². The molecule has 0 saturated carbocycles. The molecule has 0 bridgehead atoms. The SMILES string of the molecule is CCNC(=NCC1CCCN(C(=O)OC(C)(C)C)C1)NCCCOCC1CCCO1.I. The number of piperidine rings is 1. The van der Waals surface area contributed by atoms with E-state index in [1.807, 2.05) is 25.7 Å². The second kappa shape index (κ2) is 15.1. The second-order valence-electron chi connectivity index (χ2n) is 9.14. The van der Waals surface area contributed by atoms with E-state index in [9.17, 15) is 4.79 Å². The van der Waals surface area contributed by atoms with Crippen LogP contribution in [0.15, 0.2) is 4.99 Å². The average molecular weight is 555 g/mol. The first-order valence-corrected chi connectivity index (χ1v) is 11.6. The summed E-state index contributed by atoms with van der Waals surface area (Å²) in [5.74, 6) is 1.18. The number of hydrogen-bond donors (Lipinski definition) is 2.